The fraction of sp³-hybridized carbons (Fsp3) is 0.333. The number of benzene rings is 2. The highest BCUT2D eigenvalue weighted by Gasteiger charge is 2.45. The van der Waals surface area contributed by atoms with E-state index in [-0.39, 0.29) is 23.4 Å². The van der Waals surface area contributed by atoms with E-state index < -0.39 is 42.7 Å². The number of aromatic hydroxyl groups is 1. The molecule has 2 aromatic carbocycles. The van der Waals surface area contributed by atoms with Gasteiger partial charge in [-0.1, -0.05) is 12.1 Å². The van der Waals surface area contributed by atoms with E-state index in [1.807, 2.05) is 6.92 Å². The van der Waals surface area contributed by atoms with E-state index >= 15 is 0 Å². The number of nitrogens with zero attached hydrogens (tertiary/aromatic N) is 2. The van der Waals surface area contributed by atoms with Crippen LogP contribution in [0.3, 0.4) is 0 Å². The summed E-state index contributed by atoms with van der Waals surface area (Å²) in [5, 5.41) is 59.2. The molecule has 6 N–H and O–H groups in total. The minimum atomic E-state index is -1.86. The maximum Gasteiger partial charge on any atom is 0.326 e. The summed E-state index contributed by atoms with van der Waals surface area (Å²) in [7, 11) is 0. The van der Waals surface area contributed by atoms with Gasteiger partial charge in [-0.3, -0.25) is 9.84 Å². The SMILES string of the molecule is CC(Cc1ccc(O[C@@H]2O[C@H](C(=O)[O-])[C@@H](O)[C@H](O)[C@H]2O)cc1)[n+]1cc(NC(=O)Nc2ccc(O)cc2)on1. The zero-order valence-electron chi connectivity index (χ0n) is 20.0. The topological polar surface area (TPSA) is 211 Å². The van der Waals surface area contributed by atoms with E-state index in [1.54, 1.807) is 24.3 Å². The van der Waals surface area contributed by atoms with Crippen LogP contribution in [0, 0.1) is 0 Å². The third-order valence-electron chi connectivity index (χ3n) is 5.81. The highest BCUT2D eigenvalue weighted by molar-refractivity contribution is 5.98. The maximum atomic E-state index is 12.1. The lowest BCUT2D eigenvalue weighted by molar-refractivity contribution is -0.782. The molecule has 1 saturated heterocycles. The van der Waals surface area contributed by atoms with Crippen molar-refractivity contribution in [1.29, 1.82) is 0 Å². The number of carbonyl (C=O) groups is 2. The van der Waals surface area contributed by atoms with Crippen LogP contribution in [0.15, 0.2) is 59.3 Å². The Morgan fingerprint density at radius 1 is 1.05 bits per heavy atom. The molecule has 3 aromatic rings. The van der Waals surface area contributed by atoms with Crippen LogP contribution in [0.2, 0.25) is 0 Å². The first-order chi connectivity index (χ1) is 18.1. The molecule has 1 aromatic heterocycles. The molecule has 0 radical (unpaired) electrons. The molecule has 0 bridgehead atoms. The van der Waals surface area contributed by atoms with Gasteiger partial charge in [0.15, 0.2) is 6.04 Å². The second kappa shape index (κ2) is 11.4. The smallest absolute Gasteiger partial charge is 0.326 e. The number of hydrogen-bond donors (Lipinski definition) is 6. The summed E-state index contributed by atoms with van der Waals surface area (Å²) in [6.07, 6.45) is -6.72. The Bertz CT molecular complexity index is 1250. The van der Waals surface area contributed by atoms with Crippen molar-refractivity contribution in [3.63, 3.8) is 0 Å². The molecule has 1 unspecified atom stereocenters. The molecule has 0 spiro atoms. The van der Waals surface area contributed by atoms with E-state index in [2.05, 4.69) is 15.9 Å². The van der Waals surface area contributed by atoms with Crippen molar-refractivity contribution in [3.05, 3.63) is 60.3 Å². The largest absolute Gasteiger partial charge is 0.547 e. The molecule has 4 rings (SSSR count). The molecule has 1 fully saturated rings. The number of phenolic OH excluding ortho intramolecular Hbond substituents is 1. The minimum absolute atomic E-state index is 0.0765. The molecule has 1 aliphatic heterocycles. The van der Waals surface area contributed by atoms with Crippen molar-refractivity contribution in [2.75, 3.05) is 10.6 Å². The molecule has 14 heteroatoms. The number of carboxylic acid groups (broad SMARTS) is 1. The number of phenols is 1. The number of ether oxygens (including phenoxy) is 2. The summed E-state index contributed by atoms with van der Waals surface area (Å²) in [6, 6.07) is 11.8. The Morgan fingerprint density at radius 3 is 2.39 bits per heavy atom. The first-order valence-corrected chi connectivity index (χ1v) is 11.5. The molecule has 6 atom stereocenters. The molecule has 38 heavy (non-hydrogen) atoms. The van der Waals surface area contributed by atoms with Crippen LogP contribution in [0.5, 0.6) is 11.5 Å². The lowest BCUT2D eigenvalue weighted by Crippen LogP contribution is -2.63. The number of carbonyl (C=O) groups excluding carboxylic acids is 2. The lowest BCUT2D eigenvalue weighted by Gasteiger charge is -2.40. The number of aromatic nitrogens is 2. The number of aliphatic hydroxyl groups is 3. The Labute approximate surface area is 215 Å². The van der Waals surface area contributed by atoms with E-state index in [4.69, 9.17) is 14.0 Å². The average Bonchev–Trinajstić information content (AvgIpc) is 3.35. The number of anilines is 2. The van der Waals surface area contributed by atoms with Crippen LogP contribution in [0.25, 0.3) is 0 Å². The fourth-order valence-electron chi connectivity index (χ4n) is 3.75. The normalized spacial score (nSPS) is 23.8. The number of urea groups is 1. The summed E-state index contributed by atoms with van der Waals surface area (Å²) >= 11 is 0. The lowest BCUT2D eigenvalue weighted by atomic mass is 9.99. The summed E-state index contributed by atoms with van der Waals surface area (Å²) < 4.78 is 17.2. The Kier molecular flexibility index (Phi) is 8.07. The number of amides is 2. The van der Waals surface area contributed by atoms with Gasteiger partial charge in [0.25, 0.3) is 6.20 Å². The summed E-state index contributed by atoms with van der Waals surface area (Å²) in [4.78, 5) is 23.3. The van der Waals surface area contributed by atoms with Gasteiger partial charge in [0.1, 0.15) is 35.9 Å². The molecule has 0 saturated carbocycles. The van der Waals surface area contributed by atoms with Crippen LogP contribution in [0.1, 0.15) is 18.5 Å². The summed E-state index contributed by atoms with van der Waals surface area (Å²) in [5.41, 5.74) is 1.35. The van der Waals surface area contributed by atoms with Gasteiger partial charge >= 0.3 is 11.9 Å². The van der Waals surface area contributed by atoms with Crippen molar-refractivity contribution >= 4 is 23.6 Å². The molecular formula is C24H26N4O10. The first-order valence-electron chi connectivity index (χ1n) is 11.5. The standard InChI is InChI=1S/C24H25N4O10/c1-12(28-11-17(38-27-28)26-24(35)25-14-4-6-15(29)7-5-14)10-13-2-8-16(9-3-13)36-23-20(32)18(30)19(31)21(37-23)22(33)34/h2-9,11-12,18-21,23,30-32H,10H2,1H3,(H2,26,33,34,35)/q-1/p+1/t12?,18-,19-,20+,21-,23+/m0/s1. The van der Waals surface area contributed by atoms with Crippen LogP contribution >= 0.6 is 0 Å². The van der Waals surface area contributed by atoms with Gasteiger partial charge in [-0.2, -0.15) is 0 Å². The highest BCUT2D eigenvalue weighted by atomic mass is 16.7. The van der Waals surface area contributed by atoms with Gasteiger partial charge in [-0.25, -0.2) is 4.79 Å². The van der Waals surface area contributed by atoms with Gasteiger partial charge in [-0.15, -0.1) is 0 Å². The third-order valence-corrected chi connectivity index (χ3v) is 5.81. The van der Waals surface area contributed by atoms with Gasteiger partial charge in [0.05, 0.1) is 5.97 Å². The maximum absolute atomic E-state index is 12.1. The van der Waals surface area contributed by atoms with E-state index in [0.29, 0.717) is 12.1 Å². The van der Waals surface area contributed by atoms with Gasteiger partial charge in [-0.05, 0) is 46.6 Å². The second-order valence-electron chi connectivity index (χ2n) is 8.70. The fourth-order valence-corrected chi connectivity index (χ4v) is 3.75. The van der Waals surface area contributed by atoms with E-state index in [1.165, 1.54) is 35.1 Å². The number of nitrogens with one attached hydrogen (secondary N) is 2. The third kappa shape index (κ3) is 6.36. The Balaban J connectivity index is 1.31. The Morgan fingerprint density at radius 2 is 1.74 bits per heavy atom. The number of aliphatic hydroxyl groups excluding tert-OH is 3. The number of hydrogen-bond acceptors (Lipinski definition) is 11. The van der Waals surface area contributed by atoms with Gasteiger partial charge in [0.2, 0.25) is 11.6 Å². The number of aliphatic carboxylic acids is 1. The molecular weight excluding hydrogens is 504 g/mol. The zero-order valence-corrected chi connectivity index (χ0v) is 20.0. The molecule has 14 nitrogen and oxygen atoms in total. The quantitative estimate of drug-likeness (QED) is 0.154. The summed E-state index contributed by atoms with van der Waals surface area (Å²) in [6.45, 7) is 1.88. The monoisotopic (exact) mass is 530 g/mol. The predicted molar refractivity (Wildman–Crippen MR) is 125 cm³/mol. The van der Waals surface area contributed by atoms with Crippen LogP contribution in [-0.4, -0.2) is 68.4 Å². The van der Waals surface area contributed by atoms with E-state index in [0.717, 1.165) is 5.56 Å². The molecule has 2 amide bonds. The molecule has 1 aliphatic rings. The molecule has 2 heterocycles. The highest BCUT2D eigenvalue weighted by Crippen LogP contribution is 2.25. The molecule has 202 valence electrons. The predicted octanol–water partition coefficient (Wildman–Crippen LogP) is -0.948. The molecule has 0 aliphatic carbocycles. The second-order valence-corrected chi connectivity index (χ2v) is 8.70. The first kappa shape index (κ1) is 26.8. The number of rotatable bonds is 8. The van der Waals surface area contributed by atoms with Crippen molar-refractivity contribution in [3.8, 4) is 11.5 Å². The Hall–Kier alpha value is -4.24. The van der Waals surface area contributed by atoms with Crippen LogP contribution < -0.4 is 25.2 Å². The van der Waals surface area contributed by atoms with E-state index in [9.17, 15) is 35.1 Å². The number of carboxylic acids is 1. The van der Waals surface area contributed by atoms with Crippen molar-refractivity contribution in [2.24, 2.45) is 0 Å². The van der Waals surface area contributed by atoms with Gasteiger partial charge in [0, 0.05) is 19.0 Å². The summed E-state index contributed by atoms with van der Waals surface area (Å²) in [5.74, 6) is -1.33. The van der Waals surface area contributed by atoms with Gasteiger partial charge < -0.3 is 45.1 Å². The van der Waals surface area contributed by atoms with Crippen molar-refractivity contribution in [1.82, 2.24) is 5.27 Å². The average molecular weight is 530 g/mol. The van der Waals surface area contributed by atoms with Crippen molar-refractivity contribution < 1.29 is 53.8 Å². The van der Waals surface area contributed by atoms with Crippen LogP contribution in [0.4, 0.5) is 16.4 Å². The zero-order chi connectivity index (χ0) is 27.4. The minimum Gasteiger partial charge on any atom is -0.547 e. The van der Waals surface area contributed by atoms with Crippen molar-refractivity contribution in [2.45, 2.75) is 50.1 Å². The van der Waals surface area contributed by atoms with Crippen LogP contribution in [-0.2, 0) is 16.0 Å².